The van der Waals surface area contributed by atoms with Crippen molar-refractivity contribution in [2.45, 2.75) is 52.4 Å². The highest BCUT2D eigenvalue weighted by molar-refractivity contribution is 5.20. The molecule has 0 radical (unpaired) electrons. The summed E-state index contributed by atoms with van der Waals surface area (Å²) < 4.78 is 16.7. The van der Waals surface area contributed by atoms with Gasteiger partial charge >= 0.3 is 0 Å². The normalized spacial score (nSPS) is 28.2. The van der Waals surface area contributed by atoms with Gasteiger partial charge in [0.1, 0.15) is 11.9 Å². The minimum Gasteiger partial charge on any atom is -0.364 e. The van der Waals surface area contributed by atoms with Crippen molar-refractivity contribution in [1.29, 1.82) is 0 Å². The van der Waals surface area contributed by atoms with E-state index in [1.54, 1.807) is 0 Å². The molecule has 2 aliphatic rings. The molecule has 7 nitrogen and oxygen atoms in total. The number of nitrogens with zero attached hydrogens (tertiary/aromatic N) is 4. The Morgan fingerprint density at radius 1 is 1.17 bits per heavy atom. The van der Waals surface area contributed by atoms with Crippen LogP contribution in [-0.4, -0.2) is 39.4 Å². The third-order valence-electron chi connectivity index (χ3n) is 5.02. The van der Waals surface area contributed by atoms with E-state index in [1.165, 1.54) is 5.56 Å². The van der Waals surface area contributed by atoms with Gasteiger partial charge in [0.25, 0.3) is 5.89 Å². The topological polar surface area (TPSA) is 77.4 Å². The first-order valence-electron chi connectivity index (χ1n) is 8.20. The summed E-state index contributed by atoms with van der Waals surface area (Å²) in [6.07, 6.45) is 2.30. The van der Waals surface area contributed by atoms with Crippen LogP contribution in [0.1, 0.15) is 47.7 Å². The third-order valence-corrected chi connectivity index (χ3v) is 5.02. The molecule has 124 valence electrons. The monoisotopic (exact) mass is 318 g/mol. The molecular weight excluding hydrogens is 296 g/mol. The van der Waals surface area contributed by atoms with E-state index >= 15 is 0 Å². The van der Waals surface area contributed by atoms with Gasteiger partial charge in [-0.3, -0.25) is 4.90 Å². The van der Waals surface area contributed by atoms with E-state index in [4.69, 9.17) is 13.8 Å². The molecular formula is C16H22N4O3. The number of likely N-dealkylation sites (tertiary alicyclic amines) is 1. The molecule has 0 spiro atoms. The molecule has 2 saturated heterocycles. The summed E-state index contributed by atoms with van der Waals surface area (Å²) in [5.74, 6) is 2.77. The molecule has 3 atom stereocenters. The lowest BCUT2D eigenvalue weighted by atomic mass is 9.91. The fourth-order valence-electron chi connectivity index (χ4n) is 3.69. The second-order valence-corrected chi connectivity index (χ2v) is 6.67. The summed E-state index contributed by atoms with van der Waals surface area (Å²) in [6, 6.07) is 0. The highest BCUT2D eigenvalue weighted by Crippen LogP contribution is 2.40. The molecule has 4 rings (SSSR count). The molecule has 0 amide bonds. The molecule has 2 aromatic heterocycles. The van der Waals surface area contributed by atoms with Crippen LogP contribution in [-0.2, 0) is 11.3 Å². The Morgan fingerprint density at radius 2 is 2.04 bits per heavy atom. The van der Waals surface area contributed by atoms with Crippen LogP contribution < -0.4 is 0 Å². The second-order valence-electron chi connectivity index (χ2n) is 6.67. The first-order chi connectivity index (χ1) is 11.1. The molecule has 2 aliphatic heterocycles. The highest BCUT2D eigenvalue weighted by atomic mass is 16.5. The van der Waals surface area contributed by atoms with Gasteiger partial charge in [0, 0.05) is 18.7 Å². The van der Waals surface area contributed by atoms with Gasteiger partial charge in [0.2, 0.25) is 0 Å². The SMILES string of the molecule is Cc1noc([C@@H]2C[C@H]3CCN(Cc4c(C)noc4C)C[C@@H]3O2)n1. The molecule has 2 fully saturated rings. The molecule has 7 heteroatoms. The maximum absolute atomic E-state index is 6.20. The minimum atomic E-state index is -0.0507. The van der Waals surface area contributed by atoms with Crippen molar-refractivity contribution in [2.24, 2.45) is 5.92 Å². The van der Waals surface area contributed by atoms with Gasteiger partial charge < -0.3 is 13.8 Å². The zero-order chi connectivity index (χ0) is 16.0. The third kappa shape index (κ3) is 2.79. The lowest BCUT2D eigenvalue weighted by molar-refractivity contribution is -0.0190. The van der Waals surface area contributed by atoms with Gasteiger partial charge in [0.15, 0.2) is 5.82 Å². The van der Waals surface area contributed by atoms with Gasteiger partial charge in [-0.25, -0.2) is 0 Å². The molecule has 2 aromatic rings. The number of aryl methyl sites for hydroxylation is 3. The van der Waals surface area contributed by atoms with E-state index in [2.05, 4.69) is 20.2 Å². The largest absolute Gasteiger partial charge is 0.364 e. The van der Waals surface area contributed by atoms with E-state index < -0.39 is 0 Å². The number of fused-ring (bicyclic) bond motifs is 1. The van der Waals surface area contributed by atoms with Crippen molar-refractivity contribution in [3.63, 3.8) is 0 Å². The highest BCUT2D eigenvalue weighted by Gasteiger charge is 2.41. The van der Waals surface area contributed by atoms with Gasteiger partial charge in [-0.15, -0.1) is 0 Å². The predicted molar refractivity (Wildman–Crippen MR) is 80.6 cm³/mol. The van der Waals surface area contributed by atoms with Crippen LogP contribution in [0.4, 0.5) is 0 Å². The number of aromatic nitrogens is 3. The number of hydrogen-bond donors (Lipinski definition) is 0. The lowest BCUT2D eigenvalue weighted by Gasteiger charge is -2.33. The van der Waals surface area contributed by atoms with Gasteiger partial charge in [-0.2, -0.15) is 4.98 Å². The van der Waals surface area contributed by atoms with Crippen LogP contribution in [0.3, 0.4) is 0 Å². The Kier molecular flexibility index (Phi) is 3.69. The van der Waals surface area contributed by atoms with E-state index in [0.717, 1.165) is 43.9 Å². The zero-order valence-corrected chi connectivity index (χ0v) is 13.8. The molecule has 23 heavy (non-hydrogen) atoms. The number of hydrogen-bond acceptors (Lipinski definition) is 7. The average Bonchev–Trinajstić information content (AvgIpc) is 3.21. The van der Waals surface area contributed by atoms with E-state index in [-0.39, 0.29) is 12.2 Å². The Bertz CT molecular complexity index is 676. The van der Waals surface area contributed by atoms with Crippen molar-refractivity contribution in [1.82, 2.24) is 20.2 Å². The summed E-state index contributed by atoms with van der Waals surface area (Å²) in [6.45, 7) is 8.68. The fraction of sp³-hybridized carbons (Fsp3) is 0.688. The van der Waals surface area contributed by atoms with Crippen LogP contribution in [0.25, 0.3) is 0 Å². The van der Waals surface area contributed by atoms with Crippen LogP contribution in [0.15, 0.2) is 9.05 Å². The number of piperidine rings is 1. The second kappa shape index (κ2) is 5.72. The maximum Gasteiger partial charge on any atom is 0.255 e. The average molecular weight is 318 g/mol. The number of ether oxygens (including phenoxy) is 1. The first kappa shape index (κ1) is 14.8. The molecule has 0 N–H and O–H groups in total. The predicted octanol–water partition coefficient (Wildman–Crippen LogP) is 2.33. The fourth-order valence-corrected chi connectivity index (χ4v) is 3.69. The Balaban J connectivity index is 1.41. The minimum absolute atomic E-state index is 0.0507. The van der Waals surface area contributed by atoms with Crippen LogP contribution in [0.5, 0.6) is 0 Å². The van der Waals surface area contributed by atoms with E-state index in [1.807, 2.05) is 20.8 Å². The van der Waals surface area contributed by atoms with Crippen molar-refractivity contribution < 1.29 is 13.8 Å². The van der Waals surface area contributed by atoms with Gasteiger partial charge in [-0.05, 0) is 46.1 Å². The molecule has 4 heterocycles. The smallest absolute Gasteiger partial charge is 0.255 e. The Hall–Kier alpha value is -1.73. The van der Waals surface area contributed by atoms with Gasteiger partial charge in [-0.1, -0.05) is 10.3 Å². The van der Waals surface area contributed by atoms with Crippen LogP contribution >= 0.6 is 0 Å². The molecule has 0 aromatic carbocycles. The number of rotatable bonds is 3. The summed E-state index contributed by atoms with van der Waals surface area (Å²) in [5, 5.41) is 7.91. The Morgan fingerprint density at radius 3 is 2.74 bits per heavy atom. The molecule has 0 bridgehead atoms. The standard InChI is InChI=1S/C16H22N4O3/c1-9-13(10(2)22-18-9)7-20-5-4-12-6-14(21-15(12)8-20)16-17-11(3)19-23-16/h12,14-15H,4-8H2,1-3H3/t12-,14+,15+/m1/s1. The van der Waals surface area contributed by atoms with Crippen molar-refractivity contribution in [3.8, 4) is 0 Å². The maximum atomic E-state index is 6.20. The molecule has 0 unspecified atom stereocenters. The van der Waals surface area contributed by atoms with Gasteiger partial charge in [0.05, 0.1) is 11.8 Å². The zero-order valence-electron chi connectivity index (χ0n) is 13.8. The van der Waals surface area contributed by atoms with E-state index in [0.29, 0.717) is 17.6 Å². The summed E-state index contributed by atoms with van der Waals surface area (Å²) in [7, 11) is 0. The van der Waals surface area contributed by atoms with Crippen molar-refractivity contribution >= 4 is 0 Å². The summed E-state index contributed by atoms with van der Waals surface area (Å²) in [4.78, 5) is 6.74. The lowest BCUT2D eigenvalue weighted by Crippen LogP contribution is -2.41. The first-order valence-corrected chi connectivity index (χ1v) is 8.20. The quantitative estimate of drug-likeness (QED) is 0.859. The molecule has 0 saturated carbocycles. The Labute approximate surface area is 135 Å². The van der Waals surface area contributed by atoms with E-state index in [9.17, 15) is 0 Å². The summed E-state index contributed by atoms with van der Waals surface area (Å²) >= 11 is 0. The van der Waals surface area contributed by atoms with Crippen molar-refractivity contribution in [3.05, 3.63) is 28.7 Å². The summed E-state index contributed by atoms with van der Waals surface area (Å²) in [5.41, 5.74) is 2.18. The van der Waals surface area contributed by atoms with Crippen LogP contribution in [0.2, 0.25) is 0 Å². The van der Waals surface area contributed by atoms with Crippen LogP contribution in [0, 0.1) is 26.7 Å². The van der Waals surface area contributed by atoms with Crippen molar-refractivity contribution in [2.75, 3.05) is 13.1 Å². The molecule has 0 aliphatic carbocycles.